The Balaban J connectivity index is 1.89. The molecule has 0 N–H and O–H groups in total. The smallest absolute Gasteiger partial charge is 0.244 e. The lowest BCUT2D eigenvalue weighted by Crippen LogP contribution is -2.29. The van der Waals surface area contributed by atoms with Gasteiger partial charge < -0.3 is 0 Å². The molecule has 2 heterocycles. The number of hydrogen-bond donors (Lipinski definition) is 0. The normalized spacial score (nSPS) is 18.7. The third kappa shape index (κ3) is 2.85. The number of rotatable bonds is 3. The van der Waals surface area contributed by atoms with Crippen molar-refractivity contribution >= 4 is 10.0 Å². The molecule has 5 nitrogen and oxygen atoms in total. The van der Waals surface area contributed by atoms with Gasteiger partial charge in [0.25, 0.3) is 0 Å². The number of aromatic nitrogens is 1. The summed E-state index contributed by atoms with van der Waals surface area (Å²) >= 11 is 0. The lowest BCUT2D eigenvalue weighted by molar-refractivity contribution is 0.472. The summed E-state index contributed by atoms with van der Waals surface area (Å²) in [5, 5.41) is 9.15. The van der Waals surface area contributed by atoms with Gasteiger partial charge in [-0.2, -0.15) is 9.57 Å². The van der Waals surface area contributed by atoms with Crippen molar-refractivity contribution in [1.82, 2.24) is 9.29 Å². The number of pyridine rings is 1. The molecule has 1 atom stereocenters. The molecule has 2 aromatic rings. The van der Waals surface area contributed by atoms with E-state index in [1.54, 1.807) is 18.3 Å². The van der Waals surface area contributed by atoms with Crippen LogP contribution in [0, 0.1) is 18.3 Å². The van der Waals surface area contributed by atoms with E-state index in [-0.39, 0.29) is 16.4 Å². The zero-order chi connectivity index (χ0) is 16.4. The van der Waals surface area contributed by atoms with E-state index in [2.05, 4.69) is 4.98 Å². The van der Waals surface area contributed by atoms with Crippen LogP contribution in [0.25, 0.3) is 0 Å². The predicted molar refractivity (Wildman–Crippen MR) is 86.2 cm³/mol. The van der Waals surface area contributed by atoms with Gasteiger partial charge >= 0.3 is 0 Å². The van der Waals surface area contributed by atoms with Crippen LogP contribution in [0.15, 0.2) is 47.6 Å². The Hall–Kier alpha value is -2.23. The Kier molecular flexibility index (Phi) is 4.16. The van der Waals surface area contributed by atoms with Gasteiger partial charge in [0.1, 0.15) is 6.07 Å². The summed E-state index contributed by atoms with van der Waals surface area (Å²) < 4.78 is 27.1. The Labute approximate surface area is 136 Å². The summed E-state index contributed by atoms with van der Waals surface area (Å²) in [5.41, 5.74) is 2.41. The van der Waals surface area contributed by atoms with Crippen LogP contribution < -0.4 is 0 Å². The lowest BCUT2D eigenvalue weighted by Gasteiger charge is -2.18. The summed E-state index contributed by atoms with van der Waals surface area (Å²) in [6, 6.07) is 10.2. The fourth-order valence-corrected chi connectivity index (χ4v) is 4.67. The van der Waals surface area contributed by atoms with E-state index in [0.29, 0.717) is 13.1 Å². The van der Waals surface area contributed by atoms with Crippen LogP contribution >= 0.6 is 0 Å². The third-order valence-electron chi connectivity index (χ3n) is 4.30. The largest absolute Gasteiger partial charge is 0.264 e. The topological polar surface area (TPSA) is 74.1 Å². The van der Waals surface area contributed by atoms with Crippen molar-refractivity contribution in [2.45, 2.75) is 24.2 Å². The van der Waals surface area contributed by atoms with Gasteiger partial charge in [-0.05, 0) is 42.7 Å². The van der Waals surface area contributed by atoms with Crippen molar-refractivity contribution in [2.75, 3.05) is 13.1 Å². The van der Waals surface area contributed by atoms with Crippen molar-refractivity contribution < 1.29 is 8.42 Å². The molecular weight excluding hydrogens is 310 g/mol. The van der Waals surface area contributed by atoms with Gasteiger partial charge in [-0.3, -0.25) is 4.98 Å². The highest BCUT2D eigenvalue weighted by Gasteiger charge is 2.34. The van der Waals surface area contributed by atoms with Crippen LogP contribution in [-0.2, 0) is 10.0 Å². The molecule has 1 saturated heterocycles. The summed E-state index contributed by atoms with van der Waals surface area (Å²) in [6.07, 6.45) is 4.32. The standard InChI is InChI=1S/C17H17N3O2S/c1-13-6-8-19-11-16(13)15-7-9-20(12-15)23(21,22)17-5-3-2-4-14(17)10-18/h2-6,8,11,15H,7,9,12H2,1H3/t15-/m0/s1. The maximum Gasteiger partial charge on any atom is 0.244 e. The highest BCUT2D eigenvalue weighted by Crippen LogP contribution is 2.32. The first kappa shape index (κ1) is 15.7. The van der Waals surface area contributed by atoms with E-state index in [1.807, 2.05) is 25.3 Å². The van der Waals surface area contributed by atoms with Crippen molar-refractivity contribution in [3.8, 4) is 6.07 Å². The molecule has 1 fully saturated rings. The molecule has 0 bridgehead atoms. The summed E-state index contributed by atoms with van der Waals surface area (Å²) in [6.45, 7) is 2.90. The molecule has 1 aromatic carbocycles. The molecule has 0 amide bonds. The van der Waals surface area contributed by atoms with Crippen LogP contribution in [-0.4, -0.2) is 30.8 Å². The van der Waals surface area contributed by atoms with Crippen molar-refractivity contribution in [2.24, 2.45) is 0 Å². The average Bonchev–Trinajstić information content (AvgIpc) is 3.06. The summed E-state index contributed by atoms with van der Waals surface area (Å²) in [5.74, 6) is 0.146. The van der Waals surface area contributed by atoms with Gasteiger partial charge in [0, 0.05) is 31.4 Å². The molecule has 3 rings (SSSR count). The highest BCUT2D eigenvalue weighted by molar-refractivity contribution is 7.89. The highest BCUT2D eigenvalue weighted by atomic mass is 32.2. The van der Waals surface area contributed by atoms with E-state index in [9.17, 15) is 8.42 Å². The van der Waals surface area contributed by atoms with Crippen LogP contribution in [0.3, 0.4) is 0 Å². The van der Waals surface area contributed by atoms with Crippen molar-refractivity contribution in [1.29, 1.82) is 5.26 Å². The molecule has 0 saturated carbocycles. The SMILES string of the molecule is Cc1ccncc1[C@H]1CCN(S(=O)(=O)c2ccccc2C#N)C1. The van der Waals surface area contributed by atoms with E-state index >= 15 is 0 Å². The molecule has 0 unspecified atom stereocenters. The van der Waals surface area contributed by atoms with E-state index in [4.69, 9.17) is 5.26 Å². The Morgan fingerprint density at radius 2 is 2.09 bits per heavy atom. The molecule has 1 aromatic heterocycles. The molecule has 0 aliphatic carbocycles. The third-order valence-corrected chi connectivity index (χ3v) is 6.22. The average molecular weight is 327 g/mol. The van der Waals surface area contributed by atoms with Gasteiger partial charge in [-0.25, -0.2) is 8.42 Å². The van der Waals surface area contributed by atoms with Gasteiger partial charge in [0.2, 0.25) is 10.0 Å². The molecular formula is C17H17N3O2S. The Morgan fingerprint density at radius 3 is 2.83 bits per heavy atom. The zero-order valence-corrected chi connectivity index (χ0v) is 13.6. The number of nitriles is 1. The van der Waals surface area contributed by atoms with E-state index in [1.165, 1.54) is 16.4 Å². The van der Waals surface area contributed by atoms with Gasteiger partial charge in [0.15, 0.2) is 0 Å². The first-order valence-electron chi connectivity index (χ1n) is 7.44. The molecule has 23 heavy (non-hydrogen) atoms. The zero-order valence-electron chi connectivity index (χ0n) is 12.8. The van der Waals surface area contributed by atoms with Gasteiger partial charge in [-0.1, -0.05) is 12.1 Å². The monoisotopic (exact) mass is 327 g/mol. The van der Waals surface area contributed by atoms with Crippen LogP contribution in [0.4, 0.5) is 0 Å². The predicted octanol–water partition coefficient (Wildman–Crippen LogP) is 2.44. The van der Waals surface area contributed by atoms with Gasteiger partial charge in [0.05, 0.1) is 10.5 Å². The molecule has 1 aliphatic heterocycles. The van der Waals surface area contributed by atoms with Crippen LogP contribution in [0.5, 0.6) is 0 Å². The fraction of sp³-hybridized carbons (Fsp3) is 0.294. The van der Waals surface area contributed by atoms with Crippen molar-refractivity contribution in [3.05, 3.63) is 59.4 Å². The van der Waals surface area contributed by atoms with E-state index < -0.39 is 10.0 Å². The van der Waals surface area contributed by atoms with Gasteiger partial charge in [-0.15, -0.1) is 0 Å². The summed E-state index contributed by atoms with van der Waals surface area (Å²) in [4.78, 5) is 4.24. The first-order valence-corrected chi connectivity index (χ1v) is 8.88. The maximum absolute atomic E-state index is 12.8. The molecule has 0 spiro atoms. The number of sulfonamides is 1. The summed E-state index contributed by atoms with van der Waals surface area (Å²) in [7, 11) is -3.64. The number of nitrogens with zero attached hydrogens (tertiary/aromatic N) is 3. The molecule has 6 heteroatoms. The molecule has 0 radical (unpaired) electrons. The fourth-order valence-electron chi connectivity index (χ4n) is 3.03. The number of benzene rings is 1. The Bertz CT molecular complexity index is 871. The Morgan fingerprint density at radius 1 is 1.30 bits per heavy atom. The maximum atomic E-state index is 12.8. The minimum Gasteiger partial charge on any atom is -0.264 e. The lowest BCUT2D eigenvalue weighted by atomic mass is 9.96. The van der Waals surface area contributed by atoms with Crippen molar-refractivity contribution in [3.63, 3.8) is 0 Å². The molecule has 118 valence electrons. The first-order chi connectivity index (χ1) is 11.0. The van der Waals surface area contributed by atoms with Crippen LogP contribution in [0.1, 0.15) is 29.0 Å². The number of hydrogen-bond acceptors (Lipinski definition) is 4. The second-order valence-electron chi connectivity index (χ2n) is 5.69. The molecule has 1 aliphatic rings. The second kappa shape index (κ2) is 6.11. The second-order valence-corrected chi connectivity index (χ2v) is 7.60. The van der Waals surface area contributed by atoms with E-state index in [0.717, 1.165) is 17.5 Å². The minimum atomic E-state index is -3.64. The minimum absolute atomic E-state index is 0.0889. The van der Waals surface area contributed by atoms with Crippen LogP contribution in [0.2, 0.25) is 0 Å². The number of aryl methyl sites for hydroxylation is 1. The quantitative estimate of drug-likeness (QED) is 0.868.